The summed E-state index contributed by atoms with van der Waals surface area (Å²) in [6, 6.07) is 8.59. The number of thiazole rings is 1. The summed E-state index contributed by atoms with van der Waals surface area (Å²) in [7, 11) is 0. The van der Waals surface area contributed by atoms with E-state index in [1.54, 1.807) is 23.5 Å². The Morgan fingerprint density at radius 1 is 1.11 bits per heavy atom. The topological polar surface area (TPSA) is 36.4 Å². The molecule has 2 aromatic heterocycles. The summed E-state index contributed by atoms with van der Waals surface area (Å²) in [5, 5.41) is 4.98. The number of rotatable bonds is 3. The van der Waals surface area contributed by atoms with Crippen molar-refractivity contribution in [3.63, 3.8) is 0 Å². The molecule has 0 atom stereocenters. The Hall–Kier alpha value is -2.25. The van der Waals surface area contributed by atoms with Crippen molar-refractivity contribution in [1.29, 1.82) is 0 Å². The van der Waals surface area contributed by atoms with E-state index in [2.05, 4.69) is 15.3 Å². The van der Waals surface area contributed by atoms with Gasteiger partial charge in [0.15, 0.2) is 0 Å². The van der Waals surface area contributed by atoms with Gasteiger partial charge in [0.05, 0.1) is 5.69 Å². The number of nitrogens with zero attached hydrogens (tertiary/aromatic N) is 3. The van der Waals surface area contributed by atoms with Crippen LogP contribution in [0.25, 0.3) is 10.6 Å². The molecule has 0 bridgehead atoms. The summed E-state index contributed by atoms with van der Waals surface area (Å²) < 4.78 is 13.2. The van der Waals surface area contributed by atoms with Crippen LogP contribution in [0, 0.1) is 12.7 Å². The Kier molecular flexibility index (Phi) is 5.22. The molecular weight excluding hydrogens is 381 g/mol. The third-order valence-corrected chi connectivity index (χ3v) is 6.61. The molecule has 7 heteroatoms. The Morgan fingerprint density at radius 2 is 1.93 bits per heavy atom. The van der Waals surface area contributed by atoms with Crippen LogP contribution in [-0.4, -0.2) is 42.0 Å². The minimum absolute atomic E-state index is 0.0624. The zero-order valence-electron chi connectivity index (χ0n) is 15.0. The normalized spacial score (nSPS) is 15.0. The number of hydrogen-bond donors (Lipinski definition) is 0. The van der Waals surface area contributed by atoms with Crippen LogP contribution in [0.5, 0.6) is 0 Å². The lowest BCUT2D eigenvalue weighted by atomic mass is 10.2. The third-order valence-electron chi connectivity index (χ3n) is 4.73. The predicted octanol–water partition coefficient (Wildman–Crippen LogP) is 4.67. The van der Waals surface area contributed by atoms with Gasteiger partial charge in [-0.05, 0) is 49.1 Å². The standard InChI is InChI=1S/C20H20FN3OS2/c1-14-18(27-19(22-14)15-7-12-26-13-15)20(25)24-9-2-8-23(10-11-24)17-5-3-16(21)4-6-17/h3-7,12-13H,2,8-11H2,1H3. The van der Waals surface area contributed by atoms with Crippen molar-refractivity contribution in [2.75, 3.05) is 31.1 Å². The van der Waals surface area contributed by atoms with Gasteiger partial charge in [-0.25, -0.2) is 9.37 Å². The number of aromatic nitrogens is 1. The maximum absolute atomic E-state index is 13.2. The van der Waals surface area contributed by atoms with E-state index >= 15 is 0 Å². The summed E-state index contributed by atoms with van der Waals surface area (Å²) in [5.74, 6) is -0.167. The average molecular weight is 402 g/mol. The monoisotopic (exact) mass is 401 g/mol. The molecule has 27 heavy (non-hydrogen) atoms. The van der Waals surface area contributed by atoms with Gasteiger partial charge in [0.1, 0.15) is 15.7 Å². The minimum atomic E-state index is -0.229. The van der Waals surface area contributed by atoms with E-state index in [0.717, 1.165) is 52.9 Å². The molecule has 0 radical (unpaired) electrons. The zero-order valence-corrected chi connectivity index (χ0v) is 16.7. The molecule has 0 saturated carbocycles. The van der Waals surface area contributed by atoms with Gasteiger partial charge >= 0.3 is 0 Å². The van der Waals surface area contributed by atoms with Crippen molar-refractivity contribution >= 4 is 34.3 Å². The lowest BCUT2D eigenvalue weighted by Crippen LogP contribution is -2.35. The Labute approximate surface area is 165 Å². The molecule has 1 aliphatic rings. The molecule has 4 rings (SSSR count). The number of thiophene rings is 1. The number of anilines is 1. The SMILES string of the molecule is Cc1nc(-c2ccsc2)sc1C(=O)N1CCCN(c2ccc(F)cc2)CC1. The first kappa shape index (κ1) is 18.1. The number of amides is 1. The highest BCUT2D eigenvalue weighted by Crippen LogP contribution is 2.30. The van der Waals surface area contributed by atoms with E-state index in [1.807, 2.05) is 23.3 Å². The second kappa shape index (κ2) is 7.78. The van der Waals surface area contributed by atoms with Gasteiger partial charge in [-0.3, -0.25) is 4.79 Å². The first-order chi connectivity index (χ1) is 13.1. The molecule has 1 amide bonds. The summed E-state index contributed by atoms with van der Waals surface area (Å²) in [6.07, 6.45) is 0.887. The van der Waals surface area contributed by atoms with Crippen LogP contribution < -0.4 is 4.90 Å². The van der Waals surface area contributed by atoms with Gasteiger partial charge < -0.3 is 9.80 Å². The lowest BCUT2D eigenvalue weighted by Gasteiger charge is -2.23. The van der Waals surface area contributed by atoms with Crippen molar-refractivity contribution in [3.8, 4) is 10.6 Å². The van der Waals surface area contributed by atoms with E-state index in [-0.39, 0.29) is 11.7 Å². The fourth-order valence-electron chi connectivity index (χ4n) is 3.28. The van der Waals surface area contributed by atoms with E-state index < -0.39 is 0 Å². The quantitative estimate of drug-likeness (QED) is 0.640. The smallest absolute Gasteiger partial charge is 0.265 e. The molecule has 3 heterocycles. The van der Waals surface area contributed by atoms with Crippen molar-refractivity contribution in [2.45, 2.75) is 13.3 Å². The maximum atomic E-state index is 13.2. The Morgan fingerprint density at radius 3 is 2.67 bits per heavy atom. The second-order valence-electron chi connectivity index (χ2n) is 6.55. The van der Waals surface area contributed by atoms with Gasteiger partial charge in [0.25, 0.3) is 5.91 Å². The van der Waals surface area contributed by atoms with E-state index in [1.165, 1.54) is 23.5 Å². The van der Waals surface area contributed by atoms with Crippen molar-refractivity contribution in [3.05, 3.63) is 57.5 Å². The predicted molar refractivity (Wildman–Crippen MR) is 109 cm³/mol. The molecule has 1 saturated heterocycles. The molecular formula is C20H20FN3OS2. The van der Waals surface area contributed by atoms with Gasteiger partial charge in [0.2, 0.25) is 0 Å². The first-order valence-electron chi connectivity index (χ1n) is 8.91. The van der Waals surface area contributed by atoms with Crippen LogP contribution in [0.1, 0.15) is 21.8 Å². The Balaban J connectivity index is 1.48. The second-order valence-corrected chi connectivity index (χ2v) is 8.33. The first-order valence-corrected chi connectivity index (χ1v) is 10.7. The largest absolute Gasteiger partial charge is 0.370 e. The van der Waals surface area contributed by atoms with Crippen molar-refractivity contribution in [1.82, 2.24) is 9.88 Å². The van der Waals surface area contributed by atoms with Crippen LogP contribution in [0.4, 0.5) is 10.1 Å². The van der Waals surface area contributed by atoms with Crippen LogP contribution in [-0.2, 0) is 0 Å². The molecule has 0 aliphatic carbocycles. The number of carbonyl (C=O) groups is 1. The van der Waals surface area contributed by atoms with Crippen molar-refractivity contribution in [2.24, 2.45) is 0 Å². The van der Waals surface area contributed by atoms with E-state index in [9.17, 15) is 9.18 Å². The van der Waals surface area contributed by atoms with Gasteiger partial charge in [-0.2, -0.15) is 11.3 Å². The molecule has 0 unspecified atom stereocenters. The number of hydrogen-bond acceptors (Lipinski definition) is 5. The summed E-state index contributed by atoms with van der Waals surface area (Å²) >= 11 is 3.10. The summed E-state index contributed by atoms with van der Waals surface area (Å²) in [5.41, 5.74) is 2.87. The maximum Gasteiger partial charge on any atom is 0.265 e. The Bertz CT molecular complexity index is 921. The lowest BCUT2D eigenvalue weighted by molar-refractivity contribution is 0.0771. The van der Waals surface area contributed by atoms with Gasteiger partial charge in [0, 0.05) is 42.8 Å². The molecule has 0 spiro atoms. The summed E-state index contributed by atoms with van der Waals surface area (Å²) in [4.78, 5) is 22.5. The molecule has 1 aromatic carbocycles. The molecule has 4 nitrogen and oxygen atoms in total. The number of aryl methyl sites for hydroxylation is 1. The van der Waals surface area contributed by atoms with Crippen LogP contribution in [0.15, 0.2) is 41.1 Å². The minimum Gasteiger partial charge on any atom is -0.370 e. The summed E-state index contributed by atoms with van der Waals surface area (Å²) in [6.45, 7) is 4.88. The third kappa shape index (κ3) is 3.89. The van der Waals surface area contributed by atoms with Crippen LogP contribution >= 0.6 is 22.7 Å². The fraction of sp³-hybridized carbons (Fsp3) is 0.300. The highest BCUT2D eigenvalue weighted by Gasteiger charge is 2.24. The fourth-order valence-corrected chi connectivity index (χ4v) is 5.02. The molecule has 140 valence electrons. The van der Waals surface area contributed by atoms with Crippen LogP contribution in [0.2, 0.25) is 0 Å². The number of halogens is 1. The average Bonchev–Trinajstić information content (AvgIpc) is 3.26. The van der Waals surface area contributed by atoms with E-state index in [4.69, 9.17) is 0 Å². The number of carbonyl (C=O) groups excluding carboxylic acids is 1. The van der Waals surface area contributed by atoms with Gasteiger partial charge in [-0.15, -0.1) is 11.3 Å². The molecule has 3 aromatic rings. The number of benzene rings is 1. The highest BCUT2D eigenvalue weighted by atomic mass is 32.1. The zero-order chi connectivity index (χ0) is 18.8. The highest BCUT2D eigenvalue weighted by molar-refractivity contribution is 7.17. The van der Waals surface area contributed by atoms with Gasteiger partial charge in [-0.1, -0.05) is 0 Å². The van der Waals surface area contributed by atoms with E-state index in [0.29, 0.717) is 6.54 Å². The molecule has 1 fully saturated rings. The van der Waals surface area contributed by atoms with Crippen LogP contribution in [0.3, 0.4) is 0 Å². The molecule has 1 aliphatic heterocycles. The van der Waals surface area contributed by atoms with Crippen molar-refractivity contribution < 1.29 is 9.18 Å². The molecule has 0 N–H and O–H groups in total.